The van der Waals surface area contributed by atoms with E-state index in [0.29, 0.717) is 0 Å². The summed E-state index contributed by atoms with van der Waals surface area (Å²) in [6.07, 6.45) is 0.876. The van der Waals surface area contributed by atoms with Gasteiger partial charge in [-0.2, -0.15) is 8.78 Å². The molecule has 0 N–H and O–H groups in total. The fourth-order valence-corrected chi connectivity index (χ4v) is 1.77. The molecule has 1 aromatic rings. The van der Waals surface area contributed by atoms with Crippen LogP contribution in [-0.4, -0.2) is 24.3 Å². The first-order valence-corrected chi connectivity index (χ1v) is 6.11. The summed E-state index contributed by atoms with van der Waals surface area (Å²) >= 11 is 0. The van der Waals surface area contributed by atoms with Crippen molar-refractivity contribution in [1.82, 2.24) is 0 Å². The summed E-state index contributed by atoms with van der Waals surface area (Å²) < 4.78 is 51.8. The van der Waals surface area contributed by atoms with Gasteiger partial charge in [0, 0.05) is 19.4 Å². The summed E-state index contributed by atoms with van der Waals surface area (Å²) in [4.78, 5) is 23.5. The van der Waals surface area contributed by atoms with Crippen molar-refractivity contribution in [3.8, 4) is 5.75 Å². The number of rotatable bonds is 3. The van der Waals surface area contributed by atoms with E-state index in [0.717, 1.165) is 24.3 Å². The third kappa shape index (κ3) is 3.57. The van der Waals surface area contributed by atoms with Gasteiger partial charge in [0.05, 0.1) is 0 Å². The molecule has 0 amide bonds. The van der Waals surface area contributed by atoms with E-state index in [-0.39, 0.29) is 5.56 Å². The molecule has 1 heterocycles. The minimum Gasteiger partial charge on any atom is -0.434 e. The van der Waals surface area contributed by atoms with Gasteiger partial charge in [-0.05, 0) is 24.3 Å². The molecule has 2 rings (SSSR count). The molecular weight excluding hydrogens is 305 g/mol. The zero-order valence-corrected chi connectivity index (χ0v) is 11.6. The average Bonchev–Trinajstić information content (AvgIpc) is 2.35. The third-order valence-corrected chi connectivity index (χ3v) is 2.60. The second-order valence-corrected chi connectivity index (χ2v) is 4.80. The minimum absolute atomic E-state index is 0.219. The number of alkyl halides is 2. The van der Waals surface area contributed by atoms with Gasteiger partial charge in [0.1, 0.15) is 17.1 Å². The van der Waals surface area contributed by atoms with Crippen LogP contribution in [0.5, 0.6) is 5.75 Å². The first-order chi connectivity index (χ1) is 10.2. The predicted octanol–water partition coefficient (Wildman–Crippen LogP) is 2.65. The number of ether oxygens (including phenoxy) is 3. The Morgan fingerprint density at radius 3 is 2.32 bits per heavy atom. The number of esters is 2. The molecule has 1 saturated heterocycles. The third-order valence-electron chi connectivity index (χ3n) is 2.60. The molecule has 0 aromatic heterocycles. The summed E-state index contributed by atoms with van der Waals surface area (Å²) in [7, 11) is 0. The Balaban J connectivity index is 2.42. The zero-order chi connectivity index (χ0) is 16.5. The van der Waals surface area contributed by atoms with Crippen LogP contribution in [0.25, 0.3) is 6.08 Å². The molecule has 1 aliphatic heterocycles. The van der Waals surface area contributed by atoms with Crippen LogP contribution in [0.4, 0.5) is 13.2 Å². The molecule has 0 aliphatic carbocycles. The number of halogens is 3. The van der Waals surface area contributed by atoms with Gasteiger partial charge in [0.2, 0.25) is 0 Å². The average molecular weight is 316 g/mol. The molecule has 118 valence electrons. The highest BCUT2D eigenvalue weighted by molar-refractivity contribution is 6.19. The quantitative estimate of drug-likeness (QED) is 0.487. The lowest BCUT2D eigenvalue weighted by Gasteiger charge is -2.29. The predicted molar refractivity (Wildman–Crippen MR) is 67.3 cm³/mol. The molecule has 8 heteroatoms. The molecule has 1 aliphatic rings. The fraction of sp³-hybridized carbons (Fsp3) is 0.286. The van der Waals surface area contributed by atoms with Crippen molar-refractivity contribution in [3.05, 3.63) is 35.2 Å². The summed E-state index contributed by atoms with van der Waals surface area (Å²) in [6, 6.07) is 2.70. The highest BCUT2D eigenvalue weighted by Gasteiger charge is 2.39. The summed E-state index contributed by atoms with van der Waals surface area (Å²) in [5, 5.41) is 0. The van der Waals surface area contributed by atoms with Crippen LogP contribution in [0.2, 0.25) is 0 Å². The van der Waals surface area contributed by atoms with Crippen molar-refractivity contribution >= 4 is 18.0 Å². The van der Waals surface area contributed by atoms with Crippen LogP contribution >= 0.6 is 0 Å². The molecule has 0 saturated carbocycles. The molecular formula is C14H11F3O5. The van der Waals surface area contributed by atoms with Crippen molar-refractivity contribution in [2.75, 3.05) is 0 Å². The molecule has 1 aromatic carbocycles. The van der Waals surface area contributed by atoms with Gasteiger partial charge in [-0.15, -0.1) is 0 Å². The second kappa shape index (κ2) is 5.70. The van der Waals surface area contributed by atoms with Gasteiger partial charge < -0.3 is 14.2 Å². The molecule has 0 unspecified atom stereocenters. The largest absolute Gasteiger partial charge is 0.434 e. The molecule has 0 spiro atoms. The number of hydrogen-bond donors (Lipinski definition) is 0. The van der Waals surface area contributed by atoms with Crippen LogP contribution in [-0.2, 0) is 19.1 Å². The number of benzene rings is 1. The number of carbonyl (C=O) groups excluding carboxylic acids is 2. The lowest BCUT2D eigenvalue weighted by Crippen LogP contribution is -2.41. The molecule has 1 fully saturated rings. The Morgan fingerprint density at radius 1 is 1.18 bits per heavy atom. The summed E-state index contributed by atoms with van der Waals surface area (Å²) in [6.45, 7) is -0.438. The Hall–Kier alpha value is -2.51. The van der Waals surface area contributed by atoms with Crippen LogP contribution < -0.4 is 4.74 Å². The Kier molecular flexibility index (Phi) is 4.11. The normalized spacial score (nSPS) is 17.1. The Labute approximate surface area is 123 Å². The van der Waals surface area contributed by atoms with E-state index in [9.17, 15) is 22.8 Å². The Bertz CT molecular complexity index is 630. The standard InChI is InChI=1S/C14H11F3O5/c1-14(2)21-11(18)9(12(19)22-14)6-7-5-8(15)3-4-10(7)20-13(16)17/h3-6,13H,1-2H3. The van der Waals surface area contributed by atoms with Crippen molar-refractivity contribution in [1.29, 1.82) is 0 Å². The lowest BCUT2D eigenvalue weighted by molar-refractivity contribution is -0.222. The van der Waals surface area contributed by atoms with Gasteiger partial charge >= 0.3 is 18.6 Å². The highest BCUT2D eigenvalue weighted by Crippen LogP contribution is 2.28. The summed E-state index contributed by atoms with van der Waals surface area (Å²) in [5.41, 5.74) is -0.770. The van der Waals surface area contributed by atoms with Gasteiger partial charge in [0.15, 0.2) is 0 Å². The van der Waals surface area contributed by atoms with E-state index in [1.807, 2.05) is 0 Å². The van der Waals surface area contributed by atoms with E-state index >= 15 is 0 Å². The minimum atomic E-state index is -3.15. The summed E-state index contributed by atoms with van der Waals surface area (Å²) in [5.74, 6) is -4.60. The van der Waals surface area contributed by atoms with Gasteiger partial charge in [-0.1, -0.05) is 0 Å². The maximum absolute atomic E-state index is 13.3. The highest BCUT2D eigenvalue weighted by atomic mass is 19.3. The molecule has 5 nitrogen and oxygen atoms in total. The first-order valence-electron chi connectivity index (χ1n) is 6.11. The maximum Gasteiger partial charge on any atom is 0.387 e. The van der Waals surface area contributed by atoms with E-state index in [1.165, 1.54) is 13.8 Å². The van der Waals surface area contributed by atoms with E-state index in [4.69, 9.17) is 9.47 Å². The van der Waals surface area contributed by atoms with Crippen LogP contribution in [0, 0.1) is 5.82 Å². The number of hydrogen-bond acceptors (Lipinski definition) is 5. The molecule has 0 radical (unpaired) electrons. The SMILES string of the molecule is CC1(C)OC(=O)C(=Cc2cc(F)ccc2OC(F)F)C(=O)O1. The van der Waals surface area contributed by atoms with E-state index in [2.05, 4.69) is 4.74 Å². The van der Waals surface area contributed by atoms with Gasteiger partial charge in [-0.25, -0.2) is 14.0 Å². The van der Waals surface area contributed by atoms with Crippen molar-refractivity contribution in [2.45, 2.75) is 26.2 Å². The monoisotopic (exact) mass is 316 g/mol. The van der Waals surface area contributed by atoms with Crippen LogP contribution in [0.3, 0.4) is 0 Å². The topological polar surface area (TPSA) is 61.8 Å². The van der Waals surface area contributed by atoms with Crippen LogP contribution in [0.15, 0.2) is 23.8 Å². The smallest absolute Gasteiger partial charge is 0.387 e. The molecule has 22 heavy (non-hydrogen) atoms. The van der Waals surface area contributed by atoms with Crippen LogP contribution in [0.1, 0.15) is 19.4 Å². The molecule has 0 bridgehead atoms. The van der Waals surface area contributed by atoms with E-state index < -0.39 is 41.5 Å². The number of carbonyl (C=O) groups is 2. The van der Waals surface area contributed by atoms with Crippen molar-refractivity contribution in [3.63, 3.8) is 0 Å². The lowest BCUT2D eigenvalue weighted by atomic mass is 10.1. The zero-order valence-electron chi connectivity index (χ0n) is 11.6. The van der Waals surface area contributed by atoms with Crippen molar-refractivity contribution < 1.29 is 37.0 Å². The fourth-order valence-electron chi connectivity index (χ4n) is 1.77. The maximum atomic E-state index is 13.3. The van der Waals surface area contributed by atoms with Crippen molar-refractivity contribution in [2.24, 2.45) is 0 Å². The number of cyclic esters (lactones) is 2. The van der Waals surface area contributed by atoms with Gasteiger partial charge in [0.25, 0.3) is 5.79 Å². The van der Waals surface area contributed by atoms with Gasteiger partial charge in [-0.3, -0.25) is 0 Å². The van der Waals surface area contributed by atoms with E-state index in [1.54, 1.807) is 0 Å². The first kappa shape index (κ1) is 15.9. The Morgan fingerprint density at radius 2 is 1.77 bits per heavy atom. The second-order valence-electron chi connectivity index (χ2n) is 4.80. The molecule has 0 atom stereocenters.